The predicted molar refractivity (Wildman–Crippen MR) is 183 cm³/mol. The molecule has 0 amide bonds. The highest BCUT2D eigenvalue weighted by Gasteiger charge is 2.24. The summed E-state index contributed by atoms with van der Waals surface area (Å²) in [6, 6.07) is 15.2. The van der Waals surface area contributed by atoms with Gasteiger partial charge in [0.15, 0.2) is 7.37 Å². The van der Waals surface area contributed by atoms with Gasteiger partial charge in [-0.15, -0.1) is 5.10 Å². The van der Waals surface area contributed by atoms with Gasteiger partial charge >= 0.3 is 5.97 Å². The fourth-order valence-electron chi connectivity index (χ4n) is 3.65. The molecule has 0 aliphatic carbocycles. The summed E-state index contributed by atoms with van der Waals surface area (Å²) in [7, 11) is -7.45. The number of carbonyl (C=O) groups is 1. The van der Waals surface area contributed by atoms with Crippen molar-refractivity contribution >= 4 is 57.8 Å². The van der Waals surface area contributed by atoms with Gasteiger partial charge in [-0.3, -0.25) is 24.2 Å². The van der Waals surface area contributed by atoms with Gasteiger partial charge < -0.3 is 26.2 Å². The van der Waals surface area contributed by atoms with Crippen LogP contribution in [0.2, 0.25) is 5.02 Å². The number of rotatable bonds is 10. The normalized spacial score (nSPS) is 12.7. The lowest BCUT2D eigenvalue weighted by atomic mass is 10.2. The van der Waals surface area contributed by atoms with Crippen LogP contribution in [0, 0.1) is 28.7 Å². The molecule has 0 saturated heterocycles. The van der Waals surface area contributed by atoms with Gasteiger partial charge in [0, 0.05) is 30.8 Å². The lowest BCUT2D eigenvalue weighted by Crippen LogP contribution is -2.30. The highest BCUT2D eigenvalue weighted by atomic mass is 35.5. The Morgan fingerprint density at radius 1 is 1.12 bits per heavy atom. The fourth-order valence-corrected chi connectivity index (χ4v) is 5.56. The van der Waals surface area contributed by atoms with Crippen molar-refractivity contribution in [3.8, 4) is 11.5 Å². The van der Waals surface area contributed by atoms with E-state index in [1.807, 2.05) is 6.07 Å². The Morgan fingerprint density at radius 3 is 2.31 bits per heavy atom. The number of nitrogens with two attached hydrogens (primary N) is 2. The third-order valence-electron chi connectivity index (χ3n) is 6.23. The molecule has 0 saturated carbocycles. The summed E-state index contributed by atoms with van der Waals surface area (Å²) < 4.78 is 70.5. The Bertz CT molecular complexity index is 2170. The number of nitrogens with one attached hydrogen (secondary N) is 1. The number of ether oxygens (including phenoxy) is 1. The van der Waals surface area contributed by atoms with Crippen LogP contribution in [0.3, 0.4) is 0 Å². The van der Waals surface area contributed by atoms with E-state index in [0.29, 0.717) is 11.4 Å². The number of nitrogens with zero attached hydrogens (tertiary/aromatic N) is 5. The lowest BCUT2D eigenvalue weighted by Gasteiger charge is -2.08. The highest BCUT2D eigenvalue weighted by molar-refractivity contribution is 7.92. The van der Waals surface area contributed by atoms with Gasteiger partial charge in [0.2, 0.25) is 0 Å². The van der Waals surface area contributed by atoms with Gasteiger partial charge in [-0.2, -0.15) is 13.4 Å². The Labute approximate surface area is 293 Å². The van der Waals surface area contributed by atoms with Gasteiger partial charge in [0.05, 0.1) is 4.92 Å². The molecule has 2 heterocycles. The molecule has 3 aromatic carbocycles. The van der Waals surface area contributed by atoms with Crippen LogP contribution in [0.15, 0.2) is 78.1 Å². The molecule has 0 bridgehead atoms. The molecule has 17 nitrogen and oxygen atoms in total. The molecule has 5 rings (SSSR count). The predicted octanol–water partition coefficient (Wildman–Crippen LogP) is 4.82. The second-order valence-electron chi connectivity index (χ2n) is 10.4. The Balaban J connectivity index is 0.000000219. The van der Waals surface area contributed by atoms with Crippen LogP contribution in [0.1, 0.15) is 12.1 Å². The number of hydrogen-bond acceptors (Lipinski definition) is 12. The van der Waals surface area contributed by atoms with Gasteiger partial charge in [0.25, 0.3) is 26.6 Å². The SMILES string of the molecule is CP(=O)(O)CCC(N)C(=O)O.Cc1ccn2nc(S(=O)(=O)Nc3c(F)cccc3F)nc2n1.Nc1c([N+](=O)[O-])ccc(Oc2ccccc2)c1Cl. The third-order valence-corrected chi connectivity index (χ3v) is 8.83. The Kier molecular flexibility index (Phi) is 13.5. The van der Waals surface area contributed by atoms with E-state index in [1.54, 1.807) is 42.0 Å². The molecule has 0 spiro atoms. The molecule has 2 atom stereocenters. The molecule has 0 fully saturated rings. The summed E-state index contributed by atoms with van der Waals surface area (Å²) in [6.45, 7) is 2.89. The monoisotopic (exact) mass is 770 g/mol. The summed E-state index contributed by atoms with van der Waals surface area (Å²) in [5, 5.41) is 22.1. The zero-order valence-electron chi connectivity index (χ0n) is 26.6. The van der Waals surface area contributed by atoms with E-state index in [9.17, 15) is 36.7 Å². The molecule has 7 N–H and O–H groups in total. The lowest BCUT2D eigenvalue weighted by molar-refractivity contribution is -0.383. The Hall–Kier alpha value is -5.27. The number of aliphatic carboxylic acids is 1. The van der Waals surface area contributed by atoms with E-state index in [4.69, 9.17) is 37.8 Å². The molecule has 0 aliphatic rings. The maximum Gasteiger partial charge on any atom is 0.320 e. The van der Waals surface area contributed by atoms with Gasteiger partial charge in [-0.05, 0) is 49.7 Å². The van der Waals surface area contributed by atoms with Crippen molar-refractivity contribution < 1.29 is 46.2 Å². The average Bonchev–Trinajstić information content (AvgIpc) is 3.49. The van der Waals surface area contributed by atoms with Gasteiger partial charge in [-0.1, -0.05) is 35.9 Å². The largest absolute Gasteiger partial charge is 0.480 e. The van der Waals surface area contributed by atoms with E-state index in [-0.39, 0.29) is 40.5 Å². The minimum atomic E-state index is -4.35. The minimum absolute atomic E-state index is 0.0352. The standard InChI is InChI=1S/C12H9ClN2O3.C12H9F2N5O2S.C5H12NO4P/c13-11-10(18-8-4-2-1-3-5-8)7-6-9(12(11)14)15(16)17;1-7-5-6-19-11(15-7)16-12(17-19)22(20,21)18-10-8(13)3-2-4-9(10)14;1-11(9,10)3-2-4(6)5(7)8/h1-7H,14H2;2-6,18H,1H3;4H,2-3,6H2,1H3,(H,7,8)(H,9,10). The number of sulfonamides is 1. The van der Waals surface area contributed by atoms with E-state index in [2.05, 4.69) is 15.1 Å². The van der Waals surface area contributed by atoms with E-state index in [1.165, 1.54) is 25.0 Å². The molecule has 2 aromatic heterocycles. The number of carboxylic acid groups (broad SMARTS) is 1. The number of nitro benzene ring substituents is 1. The van der Waals surface area contributed by atoms with Gasteiger partial charge in [0.1, 0.15) is 45.6 Å². The molecule has 22 heteroatoms. The van der Waals surface area contributed by atoms with Crippen molar-refractivity contribution in [2.75, 3.05) is 23.3 Å². The molecular weight excluding hydrogens is 741 g/mol. The first-order valence-corrected chi connectivity index (χ1v) is 18.3. The number of anilines is 2. The fraction of sp³-hybridized carbons (Fsp3) is 0.172. The molecule has 0 aliphatic heterocycles. The second-order valence-corrected chi connectivity index (χ2v) is 14.9. The van der Waals surface area contributed by atoms with E-state index in [0.717, 1.165) is 22.7 Å². The summed E-state index contributed by atoms with van der Waals surface area (Å²) in [5.41, 5.74) is 10.2. The van der Waals surface area contributed by atoms with Crippen LogP contribution >= 0.6 is 19.0 Å². The molecule has 2 unspecified atom stereocenters. The quantitative estimate of drug-likeness (QED) is 0.0551. The third kappa shape index (κ3) is 11.6. The Morgan fingerprint density at radius 2 is 1.75 bits per heavy atom. The minimum Gasteiger partial charge on any atom is -0.480 e. The van der Waals surface area contributed by atoms with E-state index >= 15 is 0 Å². The van der Waals surface area contributed by atoms with Crippen LogP contribution in [0.4, 0.5) is 25.8 Å². The van der Waals surface area contributed by atoms with Crippen LogP contribution in [-0.2, 0) is 19.4 Å². The number of nitro groups is 1. The van der Waals surface area contributed by atoms with Crippen molar-refractivity contribution in [1.29, 1.82) is 0 Å². The van der Waals surface area contributed by atoms with Crippen molar-refractivity contribution in [3.63, 3.8) is 0 Å². The van der Waals surface area contributed by atoms with Crippen LogP contribution < -0.4 is 20.9 Å². The topological polar surface area (TPSA) is 268 Å². The van der Waals surface area contributed by atoms with Crippen molar-refractivity contribution in [1.82, 2.24) is 19.6 Å². The van der Waals surface area contributed by atoms with Crippen LogP contribution in [-0.4, -0.2) is 67.8 Å². The van der Waals surface area contributed by atoms with Gasteiger partial charge in [-0.25, -0.2) is 18.3 Å². The zero-order valence-corrected chi connectivity index (χ0v) is 29.0. The number of hydrogen-bond donors (Lipinski definition) is 5. The number of halogens is 3. The van der Waals surface area contributed by atoms with E-state index < -0.39 is 56.8 Å². The maximum absolute atomic E-state index is 13.5. The van der Waals surface area contributed by atoms with Crippen molar-refractivity contribution in [2.45, 2.75) is 24.5 Å². The highest BCUT2D eigenvalue weighted by Crippen LogP contribution is 2.39. The average molecular weight is 771 g/mol. The molecule has 51 heavy (non-hydrogen) atoms. The van der Waals surface area contributed by atoms with Crippen LogP contribution in [0.25, 0.3) is 5.78 Å². The first-order valence-electron chi connectivity index (χ1n) is 14.2. The molecule has 0 radical (unpaired) electrons. The number of para-hydroxylation sites is 2. The van der Waals surface area contributed by atoms with Crippen LogP contribution in [0.5, 0.6) is 11.5 Å². The first kappa shape index (κ1) is 40.2. The maximum atomic E-state index is 13.5. The smallest absolute Gasteiger partial charge is 0.320 e. The van der Waals surface area contributed by atoms with Crippen molar-refractivity contribution in [3.05, 3.63) is 105 Å². The number of fused-ring (bicyclic) bond motifs is 1. The number of aromatic nitrogens is 4. The second kappa shape index (κ2) is 17.1. The summed E-state index contributed by atoms with van der Waals surface area (Å²) in [5.74, 6) is -2.30. The summed E-state index contributed by atoms with van der Waals surface area (Å²) >= 11 is 5.94. The molecule has 5 aromatic rings. The number of benzene rings is 3. The van der Waals surface area contributed by atoms with Crippen molar-refractivity contribution in [2.24, 2.45) is 5.73 Å². The molecule has 272 valence electrons. The number of nitrogen functional groups attached to an aromatic ring is 1. The number of aryl methyl sites for hydroxylation is 1. The summed E-state index contributed by atoms with van der Waals surface area (Å²) in [6.07, 6.45) is 1.48. The summed E-state index contributed by atoms with van der Waals surface area (Å²) in [4.78, 5) is 36.7. The first-order chi connectivity index (χ1) is 23.8. The zero-order chi connectivity index (χ0) is 38.1. The molecular formula is C29H30ClF2N8O9PS. The number of carboxylic acids is 1.